The first-order valence-corrected chi connectivity index (χ1v) is 5.48. The van der Waals surface area contributed by atoms with E-state index in [1.165, 1.54) is 24.3 Å². The predicted molar refractivity (Wildman–Crippen MR) is 59.7 cm³/mol. The molecule has 0 fully saturated rings. The van der Waals surface area contributed by atoms with Crippen LogP contribution >= 0.6 is 0 Å². The summed E-state index contributed by atoms with van der Waals surface area (Å²) < 4.78 is 4.86. The summed E-state index contributed by atoms with van der Waals surface area (Å²) in [6.07, 6.45) is 4.56. The molecule has 0 amide bonds. The molecule has 0 aromatic rings. The molecule has 86 valence electrons. The zero-order valence-electron chi connectivity index (χ0n) is 9.87. The fourth-order valence-electron chi connectivity index (χ4n) is 2.72. The molecule has 3 heteroatoms. The number of fused-ring (bicyclic) bond motifs is 1. The molecule has 0 aromatic heterocycles. The lowest BCUT2D eigenvalue weighted by Gasteiger charge is -2.36. The van der Waals surface area contributed by atoms with Gasteiger partial charge in [-0.05, 0) is 32.8 Å². The molecule has 3 nitrogen and oxygen atoms in total. The number of carbonyl (C=O) groups is 2. The lowest BCUT2D eigenvalue weighted by Crippen LogP contribution is -2.40. The molecule has 2 aliphatic rings. The molecule has 0 aliphatic heterocycles. The van der Waals surface area contributed by atoms with Crippen molar-refractivity contribution in [2.45, 2.75) is 26.7 Å². The molecule has 16 heavy (non-hydrogen) atoms. The first-order chi connectivity index (χ1) is 7.51. The number of ketones is 1. The highest BCUT2D eigenvalue weighted by atomic mass is 16.5. The number of rotatable bonds is 1. The number of methoxy groups -OCH3 is 1. The molecule has 0 spiro atoms. The fraction of sp³-hybridized carbons (Fsp3) is 0.538. The van der Waals surface area contributed by atoms with Gasteiger partial charge in [0, 0.05) is 5.92 Å². The van der Waals surface area contributed by atoms with Gasteiger partial charge in [-0.1, -0.05) is 17.2 Å². The third-order valence-electron chi connectivity index (χ3n) is 3.87. The van der Waals surface area contributed by atoms with E-state index < -0.39 is 5.41 Å². The Labute approximate surface area is 95.2 Å². The Morgan fingerprint density at radius 3 is 2.75 bits per heavy atom. The Morgan fingerprint density at radius 1 is 1.44 bits per heavy atom. The molecule has 0 aromatic carbocycles. The van der Waals surface area contributed by atoms with E-state index in [1.54, 1.807) is 6.08 Å². The normalized spacial score (nSPS) is 32.9. The number of hydrogen-bond acceptors (Lipinski definition) is 3. The Balaban J connectivity index is 2.46. The lowest BCUT2D eigenvalue weighted by atomic mass is 9.66. The van der Waals surface area contributed by atoms with E-state index in [1.807, 2.05) is 13.8 Å². The highest BCUT2D eigenvalue weighted by Crippen LogP contribution is 2.49. The van der Waals surface area contributed by atoms with Crippen molar-refractivity contribution in [1.29, 1.82) is 0 Å². The summed E-state index contributed by atoms with van der Waals surface area (Å²) in [6, 6.07) is 0. The molecule has 0 saturated heterocycles. The average molecular weight is 220 g/mol. The Kier molecular flexibility index (Phi) is 2.49. The van der Waals surface area contributed by atoms with Gasteiger partial charge >= 0.3 is 5.97 Å². The van der Waals surface area contributed by atoms with Gasteiger partial charge in [0.2, 0.25) is 0 Å². The van der Waals surface area contributed by atoms with Gasteiger partial charge in [-0.3, -0.25) is 9.59 Å². The van der Waals surface area contributed by atoms with Crippen molar-refractivity contribution >= 4 is 11.8 Å². The van der Waals surface area contributed by atoms with Crippen molar-refractivity contribution in [3.8, 4) is 0 Å². The Morgan fingerprint density at radius 2 is 2.12 bits per heavy atom. The van der Waals surface area contributed by atoms with Crippen LogP contribution in [0.3, 0.4) is 0 Å². The zero-order valence-corrected chi connectivity index (χ0v) is 9.87. The minimum Gasteiger partial charge on any atom is -0.468 e. The van der Waals surface area contributed by atoms with Crippen LogP contribution in [-0.2, 0) is 14.3 Å². The molecule has 2 atom stereocenters. The number of carbonyl (C=O) groups excluding carboxylic acids is 2. The van der Waals surface area contributed by atoms with Crippen molar-refractivity contribution in [2.24, 2.45) is 11.3 Å². The maximum atomic E-state index is 11.9. The molecule has 0 N–H and O–H groups in total. The fourth-order valence-corrected chi connectivity index (χ4v) is 2.72. The first-order valence-electron chi connectivity index (χ1n) is 5.48. The van der Waals surface area contributed by atoms with E-state index in [0.717, 1.165) is 0 Å². The van der Waals surface area contributed by atoms with Crippen LogP contribution in [0.2, 0.25) is 0 Å². The van der Waals surface area contributed by atoms with Crippen molar-refractivity contribution in [2.75, 3.05) is 7.11 Å². The third kappa shape index (κ3) is 1.34. The second-order valence-electron chi connectivity index (χ2n) is 4.76. The van der Waals surface area contributed by atoms with Gasteiger partial charge in [0.25, 0.3) is 0 Å². The SMILES string of the molecule is COC(=O)[C@]12C=CC(=O)[C@H]1CC(C)=C(C)C2. The molecule has 2 aliphatic carbocycles. The minimum absolute atomic E-state index is 0.0530. The summed E-state index contributed by atoms with van der Waals surface area (Å²) in [5.41, 5.74) is 1.69. The topological polar surface area (TPSA) is 43.4 Å². The number of esters is 1. The van der Waals surface area contributed by atoms with Crippen LogP contribution in [0, 0.1) is 11.3 Å². The van der Waals surface area contributed by atoms with Crippen LogP contribution in [0.25, 0.3) is 0 Å². The lowest BCUT2D eigenvalue weighted by molar-refractivity contribution is -0.154. The highest BCUT2D eigenvalue weighted by molar-refractivity contribution is 6.02. The summed E-state index contributed by atoms with van der Waals surface area (Å²) in [5.74, 6) is -0.479. The van der Waals surface area contributed by atoms with E-state index in [2.05, 4.69) is 0 Å². The molecule has 0 unspecified atom stereocenters. The van der Waals surface area contributed by atoms with E-state index in [4.69, 9.17) is 4.74 Å². The quantitative estimate of drug-likeness (QED) is 0.501. The van der Waals surface area contributed by atoms with Crippen molar-refractivity contribution in [3.05, 3.63) is 23.3 Å². The van der Waals surface area contributed by atoms with Gasteiger partial charge in [0.15, 0.2) is 5.78 Å². The first kappa shape index (κ1) is 11.1. The van der Waals surface area contributed by atoms with Crippen LogP contribution in [0.4, 0.5) is 0 Å². The van der Waals surface area contributed by atoms with E-state index in [9.17, 15) is 9.59 Å². The van der Waals surface area contributed by atoms with Gasteiger partial charge in [-0.25, -0.2) is 0 Å². The summed E-state index contributed by atoms with van der Waals surface area (Å²) in [5, 5.41) is 0. The smallest absolute Gasteiger partial charge is 0.316 e. The summed E-state index contributed by atoms with van der Waals surface area (Å²) in [7, 11) is 1.38. The minimum atomic E-state index is -0.727. The second kappa shape index (κ2) is 3.58. The van der Waals surface area contributed by atoms with Gasteiger partial charge in [0.05, 0.1) is 7.11 Å². The van der Waals surface area contributed by atoms with E-state index in [-0.39, 0.29) is 17.7 Å². The molecular formula is C13H16O3. The van der Waals surface area contributed by atoms with Gasteiger partial charge in [0.1, 0.15) is 5.41 Å². The largest absolute Gasteiger partial charge is 0.468 e. The molecule has 0 heterocycles. The van der Waals surface area contributed by atoms with Gasteiger partial charge in [-0.15, -0.1) is 0 Å². The van der Waals surface area contributed by atoms with Crippen LogP contribution in [0.1, 0.15) is 26.7 Å². The molecule has 0 bridgehead atoms. The van der Waals surface area contributed by atoms with Crippen LogP contribution in [-0.4, -0.2) is 18.9 Å². The maximum Gasteiger partial charge on any atom is 0.316 e. The van der Waals surface area contributed by atoms with E-state index >= 15 is 0 Å². The Bertz CT molecular complexity index is 417. The summed E-state index contributed by atoms with van der Waals surface area (Å²) >= 11 is 0. The van der Waals surface area contributed by atoms with Crippen LogP contribution in [0.15, 0.2) is 23.3 Å². The van der Waals surface area contributed by atoms with Crippen molar-refractivity contribution in [1.82, 2.24) is 0 Å². The molecule has 0 saturated carbocycles. The predicted octanol–water partition coefficient (Wildman–Crippen LogP) is 2.03. The van der Waals surface area contributed by atoms with Gasteiger partial charge in [-0.2, -0.15) is 0 Å². The average Bonchev–Trinajstić information content (AvgIpc) is 2.58. The second-order valence-corrected chi connectivity index (χ2v) is 4.76. The number of ether oxygens (including phenoxy) is 1. The Hall–Kier alpha value is -1.38. The molecular weight excluding hydrogens is 204 g/mol. The van der Waals surface area contributed by atoms with Crippen molar-refractivity contribution < 1.29 is 14.3 Å². The molecule has 2 rings (SSSR count). The summed E-state index contributed by atoms with van der Waals surface area (Å²) in [4.78, 5) is 23.7. The van der Waals surface area contributed by atoms with Crippen LogP contribution in [0.5, 0.6) is 0 Å². The highest BCUT2D eigenvalue weighted by Gasteiger charge is 2.52. The third-order valence-corrected chi connectivity index (χ3v) is 3.87. The number of hydrogen-bond donors (Lipinski definition) is 0. The number of allylic oxidation sites excluding steroid dienone is 3. The summed E-state index contributed by atoms with van der Waals surface area (Å²) in [6.45, 7) is 4.05. The van der Waals surface area contributed by atoms with Crippen molar-refractivity contribution in [3.63, 3.8) is 0 Å². The standard InChI is InChI=1S/C13H16O3/c1-8-6-10-11(14)4-5-13(10,7-9(8)2)12(15)16-3/h4-5,10H,6-7H2,1-3H3/t10-,13+/m1/s1. The molecule has 0 radical (unpaired) electrons. The zero-order chi connectivity index (χ0) is 11.9. The van der Waals surface area contributed by atoms with E-state index in [0.29, 0.717) is 12.8 Å². The van der Waals surface area contributed by atoms with Crippen LogP contribution < -0.4 is 0 Å². The van der Waals surface area contributed by atoms with Gasteiger partial charge < -0.3 is 4.74 Å². The maximum absolute atomic E-state index is 11.9. The monoisotopic (exact) mass is 220 g/mol.